The summed E-state index contributed by atoms with van der Waals surface area (Å²) < 4.78 is 0. The van der Waals surface area contributed by atoms with E-state index in [1.165, 1.54) is 0 Å². The third-order valence-corrected chi connectivity index (χ3v) is 1.53. The largest absolute Gasteiger partial charge is 0.374 e. The average Bonchev–Trinajstić information content (AvgIpc) is 2.03. The molecule has 2 heteroatoms. The summed E-state index contributed by atoms with van der Waals surface area (Å²) in [6.45, 7) is 2.90. The zero-order valence-electron chi connectivity index (χ0n) is 6.16. The molecule has 1 aliphatic rings. The number of hydrogen-bond acceptors (Lipinski definition) is 2. The van der Waals surface area contributed by atoms with Crippen molar-refractivity contribution in [1.29, 1.82) is 0 Å². The Balaban J connectivity index is 2.17. The van der Waals surface area contributed by atoms with E-state index in [1.807, 2.05) is 0 Å². The van der Waals surface area contributed by atoms with Crippen molar-refractivity contribution in [2.24, 2.45) is 5.73 Å². The molecule has 0 aromatic rings. The van der Waals surface area contributed by atoms with E-state index in [0.29, 0.717) is 0 Å². The van der Waals surface area contributed by atoms with E-state index in [4.69, 9.17) is 5.73 Å². The van der Waals surface area contributed by atoms with Crippen LogP contribution in [0.15, 0.2) is 24.4 Å². The van der Waals surface area contributed by atoms with Crippen LogP contribution in [0.1, 0.15) is 6.42 Å². The Bertz CT molecular complexity index is 138. The van der Waals surface area contributed by atoms with Gasteiger partial charge in [0.05, 0.1) is 0 Å². The first-order valence-corrected chi connectivity index (χ1v) is 3.71. The normalized spacial score (nSPS) is 16.3. The fraction of sp³-hybridized carbons (Fsp3) is 0.500. The maximum Gasteiger partial charge on any atom is 0.0357 e. The summed E-state index contributed by atoms with van der Waals surface area (Å²) in [5.41, 5.74) is 5.38. The maximum atomic E-state index is 5.38. The van der Waals surface area contributed by atoms with Crippen molar-refractivity contribution < 1.29 is 0 Å². The van der Waals surface area contributed by atoms with Crippen molar-refractivity contribution >= 4 is 0 Å². The molecule has 10 heavy (non-hydrogen) atoms. The van der Waals surface area contributed by atoms with Crippen molar-refractivity contribution in [3.63, 3.8) is 0 Å². The molecule has 0 saturated carbocycles. The van der Waals surface area contributed by atoms with Crippen LogP contribution in [-0.4, -0.2) is 24.5 Å². The lowest BCUT2D eigenvalue weighted by Crippen LogP contribution is -2.21. The molecule has 0 unspecified atom stereocenters. The molecule has 0 aromatic carbocycles. The van der Waals surface area contributed by atoms with Crippen LogP contribution in [0.4, 0.5) is 0 Å². The molecular weight excluding hydrogens is 124 g/mol. The molecule has 2 N–H and O–H groups in total. The van der Waals surface area contributed by atoms with E-state index in [-0.39, 0.29) is 0 Å². The summed E-state index contributed by atoms with van der Waals surface area (Å²) in [6.07, 6.45) is 9.46. The Hall–Kier alpha value is -0.760. The molecule has 0 spiro atoms. The van der Waals surface area contributed by atoms with Crippen LogP contribution in [0, 0.1) is 0 Å². The average molecular weight is 138 g/mol. The minimum atomic E-state index is 0.786. The zero-order chi connectivity index (χ0) is 7.23. The lowest BCUT2D eigenvalue weighted by Gasteiger charge is -2.19. The van der Waals surface area contributed by atoms with Gasteiger partial charge in [0, 0.05) is 13.1 Å². The number of rotatable bonds is 3. The van der Waals surface area contributed by atoms with Gasteiger partial charge in [-0.1, -0.05) is 12.2 Å². The molecule has 0 amide bonds. The lowest BCUT2D eigenvalue weighted by atomic mass is 10.3. The van der Waals surface area contributed by atoms with Crippen molar-refractivity contribution in [3.05, 3.63) is 24.4 Å². The lowest BCUT2D eigenvalue weighted by molar-refractivity contribution is 0.406. The second-order valence-electron chi connectivity index (χ2n) is 2.41. The Morgan fingerprint density at radius 2 is 2.30 bits per heavy atom. The Morgan fingerprint density at radius 1 is 1.40 bits per heavy atom. The molecular formula is C8H14N2. The molecule has 0 aromatic heterocycles. The Morgan fingerprint density at radius 3 is 2.90 bits per heavy atom. The van der Waals surface area contributed by atoms with Crippen LogP contribution in [0.5, 0.6) is 0 Å². The first-order valence-electron chi connectivity index (χ1n) is 3.71. The van der Waals surface area contributed by atoms with Crippen molar-refractivity contribution in [2.75, 3.05) is 19.6 Å². The van der Waals surface area contributed by atoms with E-state index >= 15 is 0 Å². The molecule has 1 heterocycles. The smallest absolute Gasteiger partial charge is 0.0357 e. The monoisotopic (exact) mass is 138 g/mol. The summed E-state index contributed by atoms with van der Waals surface area (Å²) in [7, 11) is 0. The van der Waals surface area contributed by atoms with Gasteiger partial charge in [-0.15, -0.1) is 0 Å². The third kappa shape index (κ3) is 2.23. The summed E-state index contributed by atoms with van der Waals surface area (Å²) >= 11 is 0. The van der Waals surface area contributed by atoms with E-state index in [9.17, 15) is 0 Å². The van der Waals surface area contributed by atoms with Crippen molar-refractivity contribution in [2.45, 2.75) is 6.42 Å². The predicted molar refractivity (Wildman–Crippen MR) is 43.5 cm³/mol. The molecule has 0 aliphatic carbocycles. The van der Waals surface area contributed by atoms with E-state index in [0.717, 1.165) is 26.1 Å². The topological polar surface area (TPSA) is 29.3 Å². The summed E-state index contributed by atoms with van der Waals surface area (Å²) in [5, 5.41) is 0. The Labute approximate surface area is 62.0 Å². The minimum Gasteiger partial charge on any atom is -0.374 e. The quantitative estimate of drug-likeness (QED) is 0.622. The Kier molecular flexibility index (Phi) is 3.03. The van der Waals surface area contributed by atoms with Crippen LogP contribution in [0.3, 0.4) is 0 Å². The molecule has 1 aliphatic heterocycles. The first-order chi connectivity index (χ1) is 4.93. The van der Waals surface area contributed by atoms with Gasteiger partial charge in [0.25, 0.3) is 0 Å². The highest BCUT2D eigenvalue weighted by Gasteiger charge is 1.96. The molecule has 1 rings (SSSR count). The van der Waals surface area contributed by atoms with Crippen molar-refractivity contribution in [1.82, 2.24) is 4.90 Å². The van der Waals surface area contributed by atoms with Crippen LogP contribution in [0.2, 0.25) is 0 Å². The van der Waals surface area contributed by atoms with E-state index in [2.05, 4.69) is 29.3 Å². The van der Waals surface area contributed by atoms with Gasteiger partial charge in [-0.2, -0.15) is 0 Å². The maximum absolute atomic E-state index is 5.38. The minimum absolute atomic E-state index is 0.786. The molecule has 0 atom stereocenters. The molecule has 56 valence electrons. The molecule has 0 saturated heterocycles. The highest BCUT2D eigenvalue weighted by molar-refractivity contribution is 5.08. The number of nitrogens with two attached hydrogens (primary N) is 1. The van der Waals surface area contributed by atoms with Gasteiger partial charge in [-0.25, -0.2) is 0 Å². The van der Waals surface area contributed by atoms with Gasteiger partial charge >= 0.3 is 0 Å². The van der Waals surface area contributed by atoms with Gasteiger partial charge in [-0.05, 0) is 25.2 Å². The fourth-order valence-corrected chi connectivity index (χ4v) is 0.967. The molecule has 2 nitrogen and oxygen atoms in total. The number of allylic oxidation sites excluding steroid dienone is 2. The molecule has 0 radical (unpaired) electrons. The predicted octanol–water partition coefficient (Wildman–Crippen LogP) is 0.721. The third-order valence-electron chi connectivity index (χ3n) is 1.53. The second kappa shape index (κ2) is 4.12. The fourth-order valence-electron chi connectivity index (χ4n) is 0.967. The summed E-state index contributed by atoms with van der Waals surface area (Å²) in [4.78, 5) is 2.26. The van der Waals surface area contributed by atoms with Gasteiger partial charge in [-0.3, -0.25) is 0 Å². The standard InChI is InChI=1S/C8H14N2/c9-5-4-8-10-6-2-1-3-7-10/h1-3,6H,4-5,7-9H2. The highest BCUT2D eigenvalue weighted by atomic mass is 15.1. The van der Waals surface area contributed by atoms with Crippen LogP contribution in [-0.2, 0) is 0 Å². The van der Waals surface area contributed by atoms with Gasteiger partial charge in [0.1, 0.15) is 0 Å². The van der Waals surface area contributed by atoms with E-state index in [1.54, 1.807) is 0 Å². The van der Waals surface area contributed by atoms with Gasteiger partial charge in [0.2, 0.25) is 0 Å². The first kappa shape index (κ1) is 7.35. The van der Waals surface area contributed by atoms with Crippen LogP contribution >= 0.6 is 0 Å². The molecule has 0 bridgehead atoms. The number of nitrogens with zero attached hydrogens (tertiary/aromatic N) is 1. The van der Waals surface area contributed by atoms with Crippen LogP contribution in [0.25, 0.3) is 0 Å². The van der Waals surface area contributed by atoms with Gasteiger partial charge in [0.15, 0.2) is 0 Å². The SMILES string of the molecule is NCCCN1C=CC=CC1. The van der Waals surface area contributed by atoms with Gasteiger partial charge < -0.3 is 10.6 Å². The van der Waals surface area contributed by atoms with Crippen molar-refractivity contribution in [3.8, 4) is 0 Å². The van der Waals surface area contributed by atoms with Crippen LogP contribution < -0.4 is 5.73 Å². The second-order valence-corrected chi connectivity index (χ2v) is 2.41. The molecule has 0 fully saturated rings. The zero-order valence-corrected chi connectivity index (χ0v) is 6.16. The number of hydrogen-bond donors (Lipinski definition) is 1. The summed E-state index contributed by atoms with van der Waals surface area (Å²) in [5.74, 6) is 0. The summed E-state index contributed by atoms with van der Waals surface area (Å²) in [6, 6.07) is 0. The highest BCUT2D eigenvalue weighted by Crippen LogP contribution is 1.98. The van der Waals surface area contributed by atoms with E-state index < -0.39 is 0 Å².